The van der Waals surface area contributed by atoms with Gasteiger partial charge in [-0.3, -0.25) is 10.1 Å². The fourth-order valence-electron chi connectivity index (χ4n) is 3.04. The molecular weight excluding hydrogens is 362 g/mol. The van der Waals surface area contributed by atoms with E-state index in [0.717, 1.165) is 22.6 Å². The smallest absolute Gasteiger partial charge is 0.270 e. The fraction of sp³-hybridized carbons (Fsp3) is 0.0952. The van der Waals surface area contributed by atoms with Crippen LogP contribution in [0.5, 0.6) is 0 Å². The monoisotopic (exact) mass is 377 g/mol. The van der Waals surface area contributed by atoms with E-state index in [9.17, 15) is 15.4 Å². The molecule has 0 amide bonds. The first-order chi connectivity index (χ1) is 12.9. The van der Waals surface area contributed by atoms with E-state index in [1.807, 2.05) is 44.2 Å². The lowest BCUT2D eigenvalue weighted by Crippen LogP contribution is -1.98. The highest BCUT2D eigenvalue weighted by molar-refractivity contribution is 6.30. The van der Waals surface area contributed by atoms with Crippen molar-refractivity contribution in [2.75, 3.05) is 0 Å². The van der Waals surface area contributed by atoms with Crippen molar-refractivity contribution in [3.05, 3.63) is 92.2 Å². The lowest BCUT2D eigenvalue weighted by atomic mass is 10.0. The summed E-state index contributed by atoms with van der Waals surface area (Å²) in [5.74, 6) is 0. The average Bonchev–Trinajstić information content (AvgIpc) is 2.94. The molecule has 0 spiro atoms. The summed E-state index contributed by atoms with van der Waals surface area (Å²) >= 11 is 5.97. The number of nitro benzene ring substituents is 1. The molecule has 27 heavy (non-hydrogen) atoms. The minimum absolute atomic E-state index is 0.0414. The van der Waals surface area contributed by atoms with Crippen LogP contribution in [0.25, 0.3) is 17.3 Å². The van der Waals surface area contributed by atoms with Gasteiger partial charge in [-0.2, -0.15) is 5.26 Å². The molecule has 0 fully saturated rings. The first-order valence-corrected chi connectivity index (χ1v) is 8.60. The lowest BCUT2D eigenvalue weighted by Gasteiger charge is -2.09. The Kier molecular flexibility index (Phi) is 5.11. The number of aromatic nitrogens is 1. The van der Waals surface area contributed by atoms with Crippen LogP contribution in [0.15, 0.2) is 54.6 Å². The lowest BCUT2D eigenvalue weighted by molar-refractivity contribution is -0.384. The van der Waals surface area contributed by atoms with Crippen LogP contribution in [0, 0.1) is 35.3 Å². The molecule has 134 valence electrons. The molecule has 0 atom stereocenters. The number of hydrogen-bond donors (Lipinski definition) is 0. The van der Waals surface area contributed by atoms with Gasteiger partial charge in [0.2, 0.25) is 0 Å². The zero-order valence-corrected chi connectivity index (χ0v) is 15.6. The highest BCUT2D eigenvalue weighted by atomic mass is 35.5. The normalized spacial score (nSPS) is 11.3. The zero-order valence-electron chi connectivity index (χ0n) is 14.8. The number of benzene rings is 2. The van der Waals surface area contributed by atoms with Gasteiger partial charge in [-0.1, -0.05) is 23.7 Å². The van der Waals surface area contributed by atoms with Gasteiger partial charge in [0.15, 0.2) is 0 Å². The minimum Gasteiger partial charge on any atom is -0.318 e. The Labute approximate surface area is 161 Å². The van der Waals surface area contributed by atoms with Crippen LogP contribution in [0.1, 0.15) is 22.5 Å². The number of nitro groups is 1. The molecule has 5 nitrogen and oxygen atoms in total. The quantitative estimate of drug-likeness (QED) is 0.331. The van der Waals surface area contributed by atoms with Crippen LogP contribution in [0.3, 0.4) is 0 Å². The molecule has 2 aromatic carbocycles. The number of hydrogen-bond acceptors (Lipinski definition) is 3. The zero-order chi connectivity index (χ0) is 19.6. The molecular formula is C21H16ClN3O2. The number of halogens is 1. The number of nitriles is 1. The molecule has 0 aliphatic rings. The Morgan fingerprint density at radius 3 is 2.52 bits per heavy atom. The number of allylic oxidation sites excluding steroid dienone is 1. The van der Waals surface area contributed by atoms with E-state index >= 15 is 0 Å². The SMILES string of the molecule is Cc1cc(/C=C(\C#N)c2cccc([N+](=O)[O-])c2)c(C)n1-c1ccc(Cl)cc1. The van der Waals surface area contributed by atoms with Gasteiger partial charge in [-0.25, -0.2) is 0 Å². The van der Waals surface area contributed by atoms with Crippen molar-refractivity contribution in [1.29, 1.82) is 5.26 Å². The van der Waals surface area contributed by atoms with Gasteiger partial charge in [-0.15, -0.1) is 0 Å². The molecule has 0 bridgehead atoms. The van der Waals surface area contributed by atoms with E-state index < -0.39 is 4.92 Å². The second-order valence-electron chi connectivity index (χ2n) is 6.12. The fourth-order valence-corrected chi connectivity index (χ4v) is 3.17. The highest BCUT2D eigenvalue weighted by Gasteiger charge is 2.13. The van der Waals surface area contributed by atoms with Gasteiger partial charge < -0.3 is 4.57 Å². The third-order valence-electron chi connectivity index (χ3n) is 4.34. The second-order valence-corrected chi connectivity index (χ2v) is 6.55. The minimum atomic E-state index is -0.467. The summed E-state index contributed by atoms with van der Waals surface area (Å²) in [6, 6.07) is 17.7. The summed E-state index contributed by atoms with van der Waals surface area (Å²) in [4.78, 5) is 10.5. The predicted octanol–water partition coefficient (Wildman–Crippen LogP) is 5.72. The molecule has 1 aromatic heterocycles. The van der Waals surface area contributed by atoms with Gasteiger partial charge in [0.05, 0.1) is 16.6 Å². The van der Waals surface area contributed by atoms with E-state index in [0.29, 0.717) is 16.2 Å². The largest absolute Gasteiger partial charge is 0.318 e. The van der Waals surface area contributed by atoms with Crippen molar-refractivity contribution in [2.45, 2.75) is 13.8 Å². The Balaban J connectivity index is 2.07. The molecule has 0 N–H and O–H groups in total. The average molecular weight is 378 g/mol. The summed E-state index contributed by atoms with van der Waals surface area (Å²) in [7, 11) is 0. The van der Waals surface area contributed by atoms with E-state index in [2.05, 4.69) is 10.6 Å². The van der Waals surface area contributed by atoms with Crippen LogP contribution in [-0.2, 0) is 0 Å². The van der Waals surface area contributed by atoms with Crippen molar-refractivity contribution >= 4 is 28.9 Å². The Hall–Kier alpha value is -3.36. The van der Waals surface area contributed by atoms with Gasteiger partial charge in [0, 0.05) is 34.2 Å². The maximum Gasteiger partial charge on any atom is 0.270 e. The maximum atomic E-state index is 11.0. The van der Waals surface area contributed by atoms with Crippen LogP contribution >= 0.6 is 11.6 Å². The van der Waals surface area contributed by atoms with Gasteiger partial charge in [0.25, 0.3) is 5.69 Å². The third-order valence-corrected chi connectivity index (χ3v) is 4.60. The summed E-state index contributed by atoms with van der Waals surface area (Å²) in [6.07, 6.45) is 1.76. The van der Waals surface area contributed by atoms with Gasteiger partial charge in [-0.05, 0) is 61.4 Å². The Morgan fingerprint density at radius 2 is 1.89 bits per heavy atom. The second kappa shape index (κ2) is 7.48. The molecule has 1 heterocycles. The molecule has 3 aromatic rings. The van der Waals surface area contributed by atoms with Crippen LogP contribution in [-0.4, -0.2) is 9.49 Å². The topological polar surface area (TPSA) is 71.9 Å². The van der Waals surface area contributed by atoms with Gasteiger partial charge in [0.1, 0.15) is 0 Å². The predicted molar refractivity (Wildman–Crippen MR) is 107 cm³/mol. The number of nitrogens with zero attached hydrogens (tertiary/aromatic N) is 3. The molecule has 6 heteroatoms. The highest BCUT2D eigenvalue weighted by Crippen LogP contribution is 2.27. The number of rotatable bonds is 4. The molecule has 0 aliphatic heterocycles. The van der Waals surface area contributed by atoms with Crippen molar-refractivity contribution in [2.24, 2.45) is 0 Å². The molecule has 0 saturated heterocycles. The maximum absolute atomic E-state index is 11.0. The molecule has 3 rings (SSSR count). The first kappa shape index (κ1) is 18.4. The van der Waals surface area contributed by atoms with Crippen molar-refractivity contribution in [1.82, 2.24) is 4.57 Å². The van der Waals surface area contributed by atoms with Crippen LogP contribution < -0.4 is 0 Å². The van der Waals surface area contributed by atoms with E-state index in [-0.39, 0.29) is 5.69 Å². The summed E-state index contributed by atoms with van der Waals surface area (Å²) in [6.45, 7) is 3.95. The van der Waals surface area contributed by atoms with E-state index in [4.69, 9.17) is 11.6 Å². The first-order valence-electron chi connectivity index (χ1n) is 8.22. The van der Waals surface area contributed by atoms with Crippen molar-refractivity contribution < 1.29 is 4.92 Å². The summed E-state index contributed by atoms with van der Waals surface area (Å²) in [5, 5.41) is 21.2. The standard InChI is InChI=1S/C21H16ClN3O2/c1-14-10-17(15(2)24(14)20-8-6-19(22)7-9-20)11-18(13-23)16-4-3-5-21(12-16)25(26)27/h3-12H,1-2H3/b18-11+. The van der Waals surface area contributed by atoms with Crippen molar-refractivity contribution in [3.8, 4) is 11.8 Å². The molecule has 0 unspecified atom stereocenters. The molecule has 0 saturated carbocycles. The Morgan fingerprint density at radius 1 is 1.19 bits per heavy atom. The third kappa shape index (κ3) is 3.76. The molecule has 0 radical (unpaired) electrons. The Bertz CT molecular complexity index is 1090. The van der Waals surface area contributed by atoms with Crippen LogP contribution in [0.2, 0.25) is 5.02 Å². The van der Waals surface area contributed by atoms with E-state index in [1.54, 1.807) is 18.2 Å². The molecule has 0 aliphatic carbocycles. The summed E-state index contributed by atoms with van der Waals surface area (Å²) in [5.41, 5.74) is 4.68. The van der Waals surface area contributed by atoms with E-state index in [1.165, 1.54) is 12.1 Å². The number of aryl methyl sites for hydroxylation is 1. The van der Waals surface area contributed by atoms with Crippen LogP contribution in [0.4, 0.5) is 5.69 Å². The number of non-ortho nitro benzene ring substituents is 1. The summed E-state index contributed by atoms with van der Waals surface area (Å²) < 4.78 is 2.07. The van der Waals surface area contributed by atoms with Gasteiger partial charge >= 0.3 is 0 Å². The van der Waals surface area contributed by atoms with Crippen molar-refractivity contribution in [3.63, 3.8) is 0 Å².